The summed E-state index contributed by atoms with van der Waals surface area (Å²) in [6, 6.07) is 11.4. The van der Waals surface area contributed by atoms with Crippen molar-refractivity contribution < 1.29 is 18.0 Å². The summed E-state index contributed by atoms with van der Waals surface area (Å²) in [6.07, 6.45) is -2.96. The first-order valence-corrected chi connectivity index (χ1v) is 7.66. The van der Waals surface area contributed by atoms with Gasteiger partial charge in [-0.15, -0.1) is 5.10 Å². The van der Waals surface area contributed by atoms with E-state index in [1.807, 2.05) is 0 Å². The molecule has 1 aromatic heterocycles. The maximum absolute atomic E-state index is 12.6. The molecule has 0 radical (unpaired) electrons. The fourth-order valence-corrected chi connectivity index (χ4v) is 2.36. The molecule has 0 aliphatic rings. The first kappa shape index (κ1) is 18.2. The van der Waals surface area contributed by atoms with Gasteiger partial charge in [-0.3, -0.25) is 4.79 Å². The fraction of sp³-hybridized carbons (Fsp3) is 0.118. The van der Waals surface area contributed by atoms with Crippen molar-refractivity contribution in [3.63, 3.8) is 0 Å². The predicted molar refractivity (Wildman–Crippen MR) is 87.8 cm³/mol. The monoisotopic (exact) mass is 373 g/mol. The summed E-state index contributed by atoms with van der Waals surface area (Å²) in [5, 5.41) is 7.37. The second kappa shape index (κ2) is 7.30. The summed E-state index contributed by atoms with van der Waals surface area (Å²) < 4.78 is 39.3. The molecule has 0 aliphatic carbocycles. The Morgan fingerprint density at radius 3 is 2.37 bits per heavy atom. The summed E-state index contributed by atoms with van der Waals surface area (Å²) in [6.45, 7) is 0. The average molecular weight is 373 g/mol. The minimum Gasteiger partial charge on any atom is -0.264 e. The minimum absolute atomic E-state index is 0.0239. The van der Waals surface area contributed by atoms with Crippen molar-refractivity contribution >= 4 is 5.91 Å². The molecule has 27 heavy (non-hydrogen) atoms. The highest BCUT2D eigenvalue weighted by Crippen LogP contribution is 2.29. The molecule has 136 valence electrons. The minimum atomic E-state index is -4.39. The molecule has 10 heteroatoms. The van der Waals surface area contributed by atoms with Gasteiger partial charge in [-0.05, 0) is 29.8 Å². The summed E-state index contributed by atoms with van der Waals surface area (Å²) in [7, 11) is 0. The largest absolute Gasteiger partial charge is 0.416 e. The van der Waals surface area contributed by atoms with Gasteiger partial charge in [0.2, 0.25) is 4.91 Å². The van der Waals surface area contributed by atoms with Crippen LogP contribution in [0.3, 0.4) is 0 Å². The van der Waals surface area contributed by atoms with Crippen LogP contribution in [0.15, 0.2) is 60.0 Å². The summed E-state index contributed by atoms with van der Waals surface area (Å²) in [4.78, 5) is 18.2. The van der Waals surface area contributed by atoms with Crippen LogP contribution in [0.5, 0.6) is 0 Å². The van der Waals surface area contributed by atoms with Crippen molar-refractivity contribution in [1.29, 1.82) is 5.53 Å². The van der Waals surface area contributed by atoms with E-state index in [4.69, 9.17) is 5.53 Å². The van der Waals surface area contributed by atoms with Crippen molar-refractivity contribution in [3.8, 4) is 17.1 Å². The second-order valence-electron chi connectivity index (χ2n) is 5.52. The summed E-state index contributed by atoms with van der Waals surface area (Å²) >= 11 is 0. The molecule has 1 amide bonds. The number of benzene rings is 2. The van der Waals surface area contributed by atoms with Crippen molar-refractivity contribution in [2.45, 2.75) is 12.6 Å². The van der Waals surface area contributed by atoms with Crippen LogP contribution in [0.2, 0.25) is 0 Å². The maximum Gasteiger partial charge on any atom is 0.416 e. The third kappa shape index (κ3) is 4.31. The van der Waals surface area contributed by atoms with Gasteiger partial charge in [-0.1, -0.05) is 24.3 Å². The number of rotatable bonds is 4. The standard InChI is InChI=1S/C17H12F3N6O/c18-17(19,20)13-5-7-14(8-6-13)26-10-22-16(24-26)12-3-1-11(2-4-12)9-15(27)23-25-21/h1-8,10,21H,9H2/q+1. The molecule has 1 heterocycles. The fourth-order valence-electron chi connectivity index (χ4n) is 2.36. The molecular formula is C17H12F3N6O+. The molecule has 1 N–H and O–H groups in total. The topological polar surface area (TPSA) is 98.1 Å². The van der Waals surface area contributed by atoms with Crippen molar-refractivity contribution in [1.82, 2.24) is 19.7 Å². The molecule has 0 atom stereocenters. The SMILES string of the molecule is N=[N+]=NC(=O)Cc1ccc(-c2ncn(-c3ccc(C(F)(F)F)cc3)n2)cc1. The number of amides is 1. The van der Waals surface area contributed by atoms with Gasteiger partial charge in [0.05, 0.1) is 17.7 Å². The number of hydrogen-bond donors (Lipinski definition) is 1. The Morgan fingerprint density at radius 1 is 1.11 bits per heavy atom. The van der Waals surface area contributed by atoms with Gasteiger partial charge in [0.15, 0.2) is 10.9 Å². The van der Waals surface area contributed by atoms with Gasteiger partial charge in [-0.2, -0.15) is 13.2 Å². The van der Waals surface area contributed by atoms with Gasteiger partial charge >= 0.3 is 12.1 Å². The van der Waals surface area contributed by atoms with Gasteiger partial charge < -0.3 is 0 Å². The van der Waals surface area contributed by atoms with E-state index in [2.05, 4.69) is 20.1 Å². The Labute approximate surface area is 150 Å². The van der Waals surface area contributed by atoms with E-state index in [0.29, 0.717) is 22.6 Å². The van der Waals surface area contributed by atoms with Gasteiger partial charge in [0.25, 0.3) is 0 Å². The van der Waals surface area contributed by atoms with E-state index in [9.17, 15) is 18.0 Å². The van der Waals surface area contributed by atoms with E-state index in [1.54, 1.807) is 24.3 Å². The Balaban J connectivity index is 1.77. The number of nitrogens with one attached hydrogen (secondary N) is 1. The molecule has 2 aromatic carbocycles. The third-order valence-corrected chi connectivity index (χ3v) is 3.68. The Morgan fingerprint density at radius 2 is 1.78 bits per heavy atom. The number of carbonyl (C=O) groups is 1. The van der Waals surface area contributed by atoms with Crippen LogP contribution < -0.4 is 4.91 Å². The lowest BCUT2D eigenvalue weighted by Crippen LogP contribution is -2.05. The molecule has 0 spiro atoms. The number of nitrogens with zero attached hydrogens (tertiary/aromatic N) is 5. The van der Waals surface area contributed by atoms with Gasteiger partial charge in [-0.25, -0.2) is 9.67 Å². The maximum atomic E-state index is 12.6. The highest BCUT2D eigenvalue weighted by molar-refractivity contribution is 5.78. The first-order chi connectivity index (χ1) is 12.9. The molecule has 0 fully saturated rings. The molecule has 0 aliphatic heterocycles. The van der Waals surface area contributed by atoms with Crippen molar-refractivity contribution in [3.05, 3.63) is 66.0 Å². The van der Waals surface area contributed by atoms with Crippen LogP contribution in [0.25, 0.3) is 17.1 Å². The lowest BCUT2D eigenvalue weighted by molar-refractivity contribution is -0.137. The zero-order chi connectivity index (χ0) is 19.4. The first-order valence-electron chi connectivity index (χ1n) is 7.66. The number of carbonyl (C=O) groups excluding carboxylic acids is 1. The van der Waals surface area contributed by atoms with Crippen LogP contribution in [0.4, 0.5) is 13.2 Å². The van der Waals surface area contributed by atoms with Crippen molar-refractivity contribution in [2.75, 3.05) is 0 Å². The summed E-state index contributed by atoms with van der Waals surface area (Å²) in [5.41, 5.74) is 7.61. The molecule has 0 unspecified atom stereocenters. The molecule has 0 bridgehead atoms. The summed E-state index contributed by atoms with van der Waals surface area (Å²) in [5.74, 6) is -0.138. The zero-order valence-electron chi connectivity index (χ0n) is 13.7. The number of alkyl halides is 3. The lowest BCUT2D eigenvalue weighted by Gasteiger charge is -2.07. The van der Waals surface area contributed by atoms with E-state index < -0.39 is 17.6 Å². The van der Waals surface area contributed by atoms with E-state index in [-0.39, 0.29) is 6.42 Å². The predicted octanol–water partition coefficient (Wildman–Crippen LogP) is 3.57. The van der Waals surface area contributed by atoms with Crippen LogP contribution in [-0.2, 0) is 17.4 Å². The van der Waals surface area contributed by atoms with E-state index in [0.717, 1.165) is 12.1 Å². The molecule has 7 nitrogen and oxygen atoms in total. The molecule has 3 rings (SSSR count). The lowest BCUT2D eigenvalue weighted by atomic mass is 10.1. The highest BCUT2D eigenvalue weighted by atomic mass is 19.4. The second-order valence-corrected chi connectivity index (χ2v) is 5.52. The Hall–Kier alpha value is -3.65. The zero-order valence-corrected chi connectivity index (χ0v) is 13.7. The Kier molecular flexibility index (Phi) is 4.91. The average Bonchev–Trinajstić information content (AvgIpc) is 3.12. The quantitative estimate of drug-likeness (QED) is 0.559. The normalized spacial score (nSPS) is 11.1. The van der Waals surface area contributed by atoms with Crippen molar-refractivity contribution in [2.24, 2.45) is 5.11 Å². The van der Waals surface area contributed by atoms with Crippen LogP contribution >= 0.6 is 0 Å². The van der Waals surface area contributed by atoms with Crippen LogP contribution in [0.1, 0.15) is 11.1 Å². The highest BCUT2D eigenvalue weighted by Gasteiger charge is 2.30. The number of halogens is 3. The molecule has 3 aromatic rings. The molecular weight excluding hydrogens is 361 g/mol. The Bertz CT molecular complexity index is 1000. The number of aromatic nitrogens is 3. The van der Waals surface area contributed by atoms with E-state index >= 15 is 0 Å². The van der Waals surface area contributed by atoms with Crippen LogP contribution in [0, 0.1) is 5.53 Å². The number of hydrogen-bond acceptors (Lipinski definition) is 4. The van der Waals surface area contributed by atoms with E-state index in [1.165, 1.54) is 23.1 Å². The van der Waals surface area contributed by atoms with Gasteiger partial charge in [0.1, 0.15) is 11.9 Å². The molecule has 0 saturated carbocycles. The van der Waals surface area contributed by atoms with Gasteiger partial charge in [0, 0.05) is 5.56 Å². The molecule has 0 saturated heterocycles. The van der Waals surface area contributed by atoms with Crippen LogP contribution in [-0.4, -0.2) is 20.7 Å². The smallest absolute Gasteiger partial charge is 0.264 e. The third-order valence-electron chi connectivity index (χ3n) is 3.68.